The van der Waals surface area contributed by atoms with Gasteiger partial charge in [0, 0.05) is 11.8 Å². The predicted molar refractivity (Wildman–Crippen MR) is 100 cm³/mol. The summed E-state index contributed by atoms with van der Waals surface area (Å²) in [7, 11) is 0. The summed E-state index contributed by atoms with van der Waals surface area (Å²) in [5.74, 6) is 1.85. The number of alkyl halides is 1. The van der Waals surface area contributed by atoms with E-state index in [0.29, 0.717) is 36.4 Å². The zero-order valence-electron chi connectivity index (χ0n) is 15.3. The largest absolute Gasteiger partial charge is 0.381 e. The maximum atomic E-state index is 12.5. The van der Waals surface area contributed by atoms with Crippen LogP contribution in [0.25, 0.3) is 0 Å². The molecule has 4 aliphatic carbocycles. The second-order valence-electron chi connectivity index (χ2n) is 9.38. The molecule has 0 heterocycles. The molecule has 6 atom stereocenters. The first-order chi connectivity index (χ1) is 11.8. The summed E-state index contributed by atoms with van der Waals surface area (Å²) >= 11 is 3.28. The second-order valence-corrected chi connectivity index (χ2v) is 9.94. The molecule has 0 radical (unpaired) electrons. The Hall–Kier alpha value is -0.480. The predicted octanol–water partition coefficient (Wildman–Crippen LogP) is 4.21. The van der Waals surface area contributed by atoms with Gasteiger partial charge in [-0.05, 0) is 74.2 Å². The lowest BCUT2D eigenvalue weighted by Crippen LogP contribution is -2.57. The Kier molecular flexibility index (Phi) is 4.12. The molecule has 0 spiro atoms. The maximum absolute atomic E-state index is 12.5. The molecule has 0 aromatic heterocycles. The van der Waals surface area contributed by atoms with Gasteiger partial charge in [-0.3, -0.25) is 9.59 Å². The summed E-state index contributed by atoms with van der Waals surface area (Å²) in [4.78, 5) is 24.4. The van der Waals surface area contributed by atoms with E-state index >= 15 is 0 Å². The van der Waals surface area contributed by atoms with E-state index in [0.717, 1.165) is 38.5 Å². The lowest BCUT2D eigenvalue weighted by atomic mass is 9.46. The van der Waals surface area contributed by atoms with Crippen LogP contribution in [0, 0.1) is 28.6 Å². The molecule has 0 aromatic rings. The van der Waals surface area contributed by atoms with Crippen LogP contribution >= 0.6 is 15.9 Å². The van der Waals surface area contributed by atoms with Crippen molar-refractivity contribution >= 4 is 27.5 Å². The van der Waals surface area contributed by atoms with Crippen LogP contribution in [-0.2, 0) is 9.59 Å². The number of rotatable bonds is 2. The summed E-state index contributed by atoms with van der Waals surface area (Å²) in [6, 6.07) is 0. The van der Waals surface area contributed by atoms with Crippen molar-refractivity contribution in [2.75, 3.05) is 5.33 Å². The van der Waals surface area contributed by atoms with Gasteiger partial charge in [-0.25, -0.2) is 0 Å². The van der Waals surface area contributed by atoms with Crippen LogP contribution in [0.3, 0.4) is 0 Å². The Morgan fingerprint density at radius 1 is 1.16 bits per heavy atom. The Morgan fingerprint density at radius 3 is 2.60 bits per heavy atom. The normalized spacial score (nSPS) is 49.0. The van der Waals surface area contributed by atoms with Crippen molar-refractivity contribution in [3.63, 3.8) is 0 Å². The van der Waals surface area contributed by atoms with Gasteiger partial charge >= 0.3 is 0 Å². The molecule has 0 saturated heterocycles. The number of ketones is 2. The second kappa shape index (κ2) is 5.76. The minimum absolute atomic E-state index is 0.0400. The highest BCUT2D eigenvalue weighted by Crippen LogP contribution is 2.67. The molecule has 0 bridgehead atoms. The van der Waals surface area contributed by atoms with Crippen molar-refractivity contribution < 1.29 is 14.7 Å². The molecule has 0 aliphatic heterocycles. The third-order valence-corrected chi connectivity index (χ3v) is 9.21. The lowest BCUT2D eigenvalue weighted by molar-refractivity contribution is -0.159. The van der Waals surface area contributed by atoms with Crippen molar-refractivity contribution in [3.05, 3.63) is 11.6 Å². The minimum Gasteiger partial charge on any atom is -0.381 e. The van der Waals surface area contributed by atoms with Gasteiger partial charge in [0.15, 0.2) is 11.6 Å². The molecule has 3 fully saturated rings. The molecule has 4 heteroatoms. The number of Topliss-reactive ketones (excluding diaryl/α,β-unsaturated/α-hetero) is 1. The quantitative estimate of drug-likeness (QED) is 0.695. The highest BCUT2D eigenvalue weighted by atomic mass is 79.9. The van der Waals surface area contributed by atoms with E-state index in [1.807, 2.05) is 6.08 Å². The van der Waals surface area contributed by atoms with Crippen molar-refractivity contribution in [3.8, 4) is 0 Å². The molecule has 4 rings (SSSR count). The Balaban J connectivity index is 1.68. The van der Waals surface area contributed by atoms with Gasteiger partial charge in [0.05, 0.1) is 5.33 Å². The van der Waals surface area contributed by atoms with Gasteiger partial charge in [0.1, 0.15) is 5.60 Å². The molecular weight excluding hydrogens is 380 g/mol. The smallest absolute Gasteiger partial charge is 0.175 e. The fourth-order valence-electron chi connectivity index (χ4n) is 7.14. The number of halogens is 1. The van der Waals surface area contributed by atoms with Gasteiger partial charge < -0.3 is 5.11 Å². The summed E-state index contributed by atoms with van der Waals surface area (Å²) in [6.45, 7) is 4.54. The van der Waals surface area contributed by atoms with Crippen molar-refractivity contribution in [2.24, 2.45) is 28.6 Å². The van der Waals surface area contributed by atoms with Gasteiger partial charge in [-0.1, -0.05) is 35.4 Å². The number of allylic oxidation sites excluding steroid dienone is 1. The maximum Gasteiger partial charge on any atom is 0.175 e. The van der Waals surface area contributed by atoms with Crippen LogP contribution < -0.4 is 0 Å². The summed E-state index contributed by atoms with van der Waals surface area (Å²) in [6.07, 6.45) is 9.28. The highest BCUT2D eigenvalue weighted by Gasteiger charge is 2.65. The Morgan fingerprint density at radius 2 is 1.88 bits per heavy atom. The fourth-order valence-corrected chi connectivity index (χ4v) is 7.61. The minimum atomic E-state index is -1.16. The average Bonchev–Trinajstić information content (AvgIpc) is 2.87. The SMILES string of the molecule is CC12CCC(=O)C=C1CCC1C2CCC2(C)C1CC[C@]2(O)C(=O)CBr. The van der Waals surface area contributed by atoms with Crippen molar-refractivity contribution in [1.82, 2.24) is 0 Å². The van der Waals surface area contributed by atoms with Crippen molar-refractivity contribution in [2.45, 2.75) is 70.8 Å². The molecule has 3 nitrogen and oxygen atoms in total. The monoisotopic (exact) mass is 408 g/mol. The highest BCUT2D eigenvalue weighted by molar-refractivity contribution is 9.09. The molecule has 0 amide bonds. The third-order valence-electron chi connectivity index (χ3n) is 8.70. The van der Waals surface area contributed by atoms with Gasteiger partial charge in [-0.15, -0.1) is 0 Å². The van der Waals surface area contributed by atoms with Gasteiger partial charge in [-0.2, -0.15) is 0 Å². The molecular formula is C21H29BrO3. The number of aliphatic hydroxyl groups is 1. The molecule has 138 valence electrons. The van der Waals surface area contributed by atoms with E-state index in [1.54, 1.807) is 0 Å². The first-order valence-corrected chi connectivity index (χ1v) is 10.9. The van der Waals surface area contributed by atoms with E-state index in [2.05, 4.69) is 29.8 Å². The molecule has 25 heavy (non-hydrogen) atoms. The van der Waals surface area contributed by atoms with Gasteiger partial charge in [0.2, 0.25) is 0 Å². The topological polar surface area (TPSA) is 54.4 Å². The molecule has 0 aromatic carbocycles. The van der Waals surface area contributed by atoms with E-state index in [-0.39, 0.29) is 21.9 Å². The average molecular weight is 409 g/mol. The summed E-state index contributed by atoms with van der Waals surface area (Å²) < 4.78 is 0. The number of hydrogen-bond acceptors (Lipinski definition) is 3. The van der Waals surface area contributed by atoms with Crippen LogP contribution in [0.4, 0.5) is 0 Å². The first-order valence-electron chi connectivity index (χ1n) is 9.82. The lowest BCUT2D eigenvalue weighted by Gasteiger charge is -2.58. The zero-order chi connectivity index (χ0) is 18.0. The van der Waals surface area contributed by atoms with Crippen LogP contribution in [-0.4, -0.2) is 27.6 Å². The summed E-state index contributed by atoms with van der Waals surface area (Å²) in [5.41, 5.74) is 0.0730. The number of carbonyl (C=O) groups is 2. The zero-order valence-corrected chi connectivity index (χ0v) is 16.9. The molecule has 1 N–H and O–H groups in total. The van der Waals surface area contributed by atoms with E-state index in [4.69, 9.17) is 0 Å². The number of carbonyl (C=O) groups excluding carboxylic acids is 2. The third kappa shape index (κ3) is 2.25. The Labute approximate surface area is 158 Å². The van der Waals surface area contributed by atoms with Crippen molar-refractivity contribution in [1.29, 1.82) is 0 Å². The van der Waals surface area contributed by atoms with E-state index in [1.165, 1.54) is 5.57 Å². The molecule has 5 unspecified atom stereocenters. The van der Waals surface area contributed by atoms with E-state index < -0.39 is 5.60 Å². The number of hydrogen-bond donors (Lipinski definition) is 1. The molecule has 3 saturated carbocycles. The first kappa shape index (κ1) is 17.9. The Bertz CT molecular complexity index is 656. The molecule has 4 aliphatic rings. The fraction of sp³-hybridized carbons (Fsp3) is 0.810. The standard InChI is InChI=1S/C21H29BrO3/c1-19-8-5-14(23)11-13(19)3-4-15-16(19)6-9-20(2)17(15)7-10-21(20,25)18(24)12-22/h11,15-17,25H,3-10,12H2,1-2H3/t15?,16?,17?,19?,20?,21-/m0/s1. The van der Waals surface area contributed by atoms with E-state index in [9.17, 15) is 14.7 Å². The van der Waals surface area contributed by atoms with Crippen LogP contribution in [0.15, 0.2) is 11.6 Å². The van der Waals surface area contributed by atoms with Gasteiger partial charge in [0.25, 0.3) is 0 Å². The van der Waals surface area contributed by atoms with Crippen LogP contribution in [0.5, 0.6) is 0 Å². The summed E-state index contributed by atoms with van der Waals surface area (Å²) in [5, 5.41) is 11.5. The van der Waals surface area contributed by atoms with Crippen LogP contribution in [0.2, 0.25) is 0 Å². The number of fused-ring (bicyclic) bond motifs is 5. The van der Waals surface area contributed by atoms with Crippen LogP contribution in [0.1, 0.15) is 65.2 Å².